The highest BCUT2D eigenvalue weighted by molar-refractivity contribution is 14.0. The fourth-order valence-corrected chi connectivity index (χ4v) is 0.810. The Morgan fingerprint density at radius 2 is 1.43 bits per heavy atom. The molecule has 0 bridgehead atoms. The zero-order valence-electron chi connectivity index (χ0n) is 3.74. The highest BCUT2D eigenvalue weighted by Gasteiger charge is 1.58. The summed E-state index contributed by atoms with van der Waals surface area (Å²) in [6, 6.07) is 6.11. The molecule has 0 saturated carbocycles. The molecule has 0 aliphatic carbocycles. The summed E-state index contributed by atoms with van der Waals surface area (Å²) < 4.78 is 0. The Bertz CT molecular complexity index is 80.0. The molecule has 2 heteroatoms. The van der Waals surface area contributed by atoms with Crippen LogP contribution in [0.4, 0.5) is 0 Å². The second-order valence-electron chi connectivity index (χ2n) is 1.02. The lowest BCUT2D eigenvalue weighted by Gasteiger charge is -1.69. The molecule has 1 heterocycles. The van der Waals surface area contributed by atoms with Crippen LogP contribution in [0.2, 0.25) is 0 Å². The van der Waals surface area contributed by atoms with Gasteiger partial charge in [0, 0.05) is 0 Å². The van der Waals surface area contributed by atoms with Gasteiger partial charge in [-0.3, -0.25) is 0 Å². The summed E-state index contributed by atoms with van der Waals surface area (Å²) in [5, 5.41) is 0. The standard InChI is InChI=1S/C5H5P.HI/c1-2-4-6-5-3-1;/h1-5H;1H. The average Bonchev–Trinajstić information content (AvgIpc) is 1.72. The van der Waals surface area contributed by atoms with Crippen LogP contribution in [0.1, 0.15) is 0 Å². The van der Waals surface area contributed by atoms with E-state index in [1.54, 1.807) is 0 Å². The van der Waals surface area contributed by atoms with E-state index < -0.39 is 0 Å². The maximum atomic E-state index is 2.10. The Morgan fingerprint density at radius 1 is 0.857 bits per heavy atom. The molecule has 0 aliphatic heterocycles. The van der Waals surface area contributed by atoms with Crippen LogP contribution < -0.4 is 0 Å². The van der Waals surface area contributed by atoms with Crippen LogP contribution >= 0.6 is 32.2 Å². The molecule has 1 rings (SSSR count). The molecule has 38 valence electrons. The summed E-state index contributed by atoms with van der Waals surface area (Å²) in [5.74, 6) is 4.19. The Labute approximate surface area is 62.1 Å². The first kappa shape index (κ1) is 7.38. The third-order valence-electron chi connectivity index (χ3n) is 0.566. The quantitative estimate of drug-likeness (QED) is 0.594. The molecule has 0 unspecified atom stereocenters. The molecular formula is C5H6IP. The third kappa shape index (κ3) is 3.01. The van der Waals surface area contributed by atoms with Crippen molar-refractivity contribution in [2.24, 2.45) is 0 Å². The number of hydrogen-bond donors (Lipinski definition) is 0. The molecule has 0 aromatic carbocycles. The lowest BCUT2D eigenvalue weighted by molar-refractivity contribution is 1.89. The van der Waals surface area contributed by atoms with Crippen LogP contribution in [0.3, 0.4) is 0 Å². The van der Waals surface area contributed by atoms with E-state index in [0.29, 0.717) is 0 Å². The van der Waals surface area contributed by atoms with Crippen molar-refractivity contribution in [3.8, 4) is 0 Å². The third-order valence-corrected chi connectivity index (χ3v) is 1.26. The van der Waals surface area contributed by atoms with Gasteiger partial charge in [0.15, 0.2) is 0 Å². The fourth-order valence-electron chi connectivity index (χ4n) is 0.313. The minimum atomic E-state index is 0. The highest BCUT2D eigenvalue weighted by Crippen LogP contribution is 1.98. The molecule has 0 saturated heterocycles. The van der Waals surface area contributed by atoms with Gasteiger partial charge in [-0.15, -0.1) is 24.0 Å². The molecule has 0 fully saturated rings. The van der Waals surface area contributed by atoms with Gasteiger partial charge in [-0.05, 0) is 11.6 Å². The summed E-state index contributed by atoms with van der Waals surface area (Å²) in [6.07, 6.45) is 0. The van der Waals surface area contributed by atoms with Gasteiger partial charge < -0.3 is 0 Å². The van der Waals surface area contributed by atoms with E-state index >= 15 is 0 Å². The van der Waals surface area contributed by atoms with Crippen molar-refractivity contribution < 1.29 is 0 Å². The Balaban J connectivity index is 0.000000360. The minimum absolute atomic E-state index is 0. The first-order valence-corrected chi connectivity index (χ1v) is 2.88. The number of halogens is 1. The lowest BCUT2D eigenvalue weighted by Crippen LogP contribution is -1.39. The molecule has 0 aliphatic rings. The molecule has 0 atom stereocenters. The van der Waals surface area contributed by atoms with Crippen LogP contribution in [-0.4, -0.2) is 0 Å². The normalized spacial score (nSPS) is 6.86. The van der Waals surface area contributed by atoms with E-state index in [9.17, 15) is 0 Å². The van der Waals surface area contributed by atoms with Gasteiger partial charge in [-0.25, -0.2) is 0 Å². The van der Waals surface area contributed by atoms with E-state index in [2.05, 4.69) is 11.6 Å². The zero-order chi connectivity index (χ0) is 4.24. The SMILES string of the molecule is I.c1ccpcc1. The fraction of sp³-hybridized carbons (Fsp3) is 0. The second-order valence-corrected chi connectivity index (χ2v) is 1.92. The summed E-state index contributed by atoms with van der Waals surface area (Å²) in [5.41, 5.74) is 0. The summed E-state index contributed by atoms with van der Waals surface area (Å²) in [4.78, 5) is 0. The number of rotatable bonds is 0. The van der Waals surface area contributed by atoms with Gasteiger partial charge in [-0.2, -0.15) is 0 Å². The molecule has 1 aromatic heterocycles. The molecule has 0 spiro atoms. The molecule has 7 heavy (non-hydrogen) atoms. The van der Waals surface area contributed by atoms with E-state index in [0.717, 1.165) is 0 Å². The Kier molecular flexibility index (Phi) is 4.78. The van der Waals surface area contributed by atoms with Crippen LogP contribution in [0.15, 0.2) is 29.8 Å². The van der Waals surface area contributed by atoms with Crippen molar-refractivity contribution in [1.29, 1.82) is 0 Å². The van der Waals surface area contributed by atoms with Gasteiger partial charge in [0.05, 0.1) is 0 Å². The predicted molar refractivity (Wildman–Crippen MR) is 44.4 cm³/mol. The summed E-state index contributed by atoms with van der Waals surface area (Å²) >= 11 is 0. The first-order chi connectivity index (χ1) is 3.00. The van der Waals surface area contributed by atoms with Crippen molar-refractivity contribution in [3.05, 3.63) is 29.8 Å². The van der Waals surface area contributed by atoms with Crippen LogP contribution in [0, 0.1) is 0 Å². The Morgan fingerprint density at radius 3 is 1.57 bits per heavy atom. The van der Waals surface area contributed by atoms with Crippen molar-refractivity contribution in [1.82, 2.24) is 0 Å². The van der Waals surface area contributed by atoms with E-state index in [1.807, 2.05) is 18.2 Å². The van der Waals surface area contributed by atoms with Gasteiger partial charge >= 0.3 is 0 Å². The maximum absolute atomic E-state index is 2.10. The van der Waals surface area contributed by atoms with Crippen molar-refractivity contribution in [2.45, 2.75) is 0 Å². The van der Waals surface area contributed by atoms with Gasteiger partial charge in [0.1, 0.15) is 0 Å². The van der Waals surface area contributed by atoms with Gasteiger partial charge in [-0.1, -0.05) is 26.4 Å². The largest absolute Gasteiger partial charge is 0.107 e. The van der Waals surface area contributed by atoms with E-state index in [-0.39, 0.29) is 24.0 Å². The molecule has 0 radical (unpaired) electrons. The molecule has 0 amide bonds. The minimum Gasteiger partial charge on any atom is -0.107 e. The topological polar surface area (TPSA) is 0 Å². The summed E-state index contributed by atoms with van der Waals surface area (Å²) in [6.45, 7) is 0. The van der Waals surface area contributed by atoms with Crippen molar-refractivity contribution >= 4 is 32.2 Å². The average molecular weight is 224 g/mol. The molecule has 0 N–H and O–H groups in total. The van der Waals surface area contributed by atoms with E-state index in [4.69, 9.17) is 0 Å². The van der Waals surface area contributed by atoms with Crippen LogP contribution in [0.5, 0.6) is 0 Å². The van der Waals surface area contributed by atoms with Gasteiger partial charge in [0.25, 0.3) is 0 Å². The first-order valence-electron chi connectivity index (χ1n) is 1.85. The van der Waals surface area contributed by atoms with Crippen LogP contribution in [-0.2, 0) is 0 Å². The molecule has 1 aromatic rings. The lowest BCUT2D eigenvalue weighted by atomic mass is 10.6. The zero-order valence-corrected chi connectivity index (χ0v) is 6.97. The monoisotopic (exact) mass is 224 g/mol. The van der Waals surface area contributed by atoms with Gasteiger partial charge in [0.2, 0.25) is 0 Å². The second kappa shape index (κ2) is 4.54. The Hall–Kier alpha value is 0.380. The summed E-state index contributed by atoms with van der Waals surface area (Å²) in [7, 11) is 1.31. The van der Waals surface area contributed by atoms with Crippen molar-refractivity contribution in [2.75, 3.05) is 0 Å². The molecular weight excluding hydrogens is 218 g/mol. The van der Waals surface area contributed by atoms with E-state index in [1.165, 1.54) is 8.19 Å². The smallest absolute Gasteiger partial charge is 0.0347 e. The van der Waals surface area contributed by atoms with Crippen LogP contribution in [0.25, 0.3) is 0 Å². The maximum Gasteiger partial charge on any atom is -0.0347 e. The number of hydrogen-bond acceptors (Lipinski definition) is 0. The van der Waals surface area contributed by atoms with Crippen molar-refractivity contribution in [3.63, 3.8) is 0 Å². The highest BCUT2D eigenvalue weighted by atomic mass is 127. The molecule has 0 nitrogen and oxygen atoms in total. The predicted octanol–water partition coefficient (Wildman–Crippen LogP) is 2.88.